The van der Waals surface area contributed by atoms with Crippen molar-refractivity contribution in [2.24, 2.45) is 10.8 Å². The SMILES string of the molecule is [N-]=[N+]=Nc1ccc(C(N)=O)c(CCO)c1. The average molecular weight is 206 g/mol. The molecule has 1 amide bonds. The molecule has 0 unspecified atom stereocenters. The molecule has 0 saturated heterocycles. The van der Waals surface area contributed by atoms with Gasteiger partial charge in [0.05, 0.1) is 0 Å². The van der Waals surface area contributed by atoms with Crippen molar-refractivity contribution in [3.63, 3.8) is 0 Å². The lowest BCUT2D eigenvalue weighted by Crippen LogP contribution is -2.14. The van der Waals surface area contributed by atoms with E-state index in [1.807, 2.05) is 0 Å². The monoisotopic (exact) mass is 206 g/mol. The normalized spacial score (nSPS) is 9.40. The van der Waals surface area contributed by atoms with E-state index in [9.17, 15) is 4.79 Å². The number of azide groups is 1. The first-order valence-electron chi connectivity index (χ1n) is 4.27. The highest BCUT2D eigenvalue weighted by Gasteiger charge is 2.07. The molecule has 0 radical (unpaired) electrons. The third kappa shape index (κ3) is 2.70. The summed E-state index contributed by atoms with van der Waals surface area (Å²) < 4.78 is 0. The number of carbonyl (C=O) groups is 1. The molecule has 0 saturated carbocycles. The zero-order chi connectivity index (χ0) is 11.3. The second kappa shape index (κ2) is 4.99. The molecule has 78 valence electrons. The summed E-state index contributed by atoms with van der Waals surface area (Å²) in [7, 11) is 0. The van der Waals surface area contributed by atoms with Crippen LogP contribution in [0.25, 0.3) is 10.4 Å². The Morgan fingerprint density at radius 1 is 1.60 bits per heavy atom. The number of aliphatic hydroxyl groups is 1. The molecule has 15 heavy (non-hydrogen) atoms. The van der Waals surface area contributed by atoms with Gasteiger partial charge in [-0.3, -0.25) is 4.79 Å². The summed E-state index contributed by atoms with van der Waals surface area (Å²) in [4.78, 5) is 13.6. The van der Waals surface area contributed by atoms with Gasteiger partial charge in [-0.1, -0.05) is 11.2 Å². The highest BCUT2D eigenvalue weighted by molar-refractivity contribution is 5.94. The van der Waals surface area contributed by atoms with E-state index in [0.29, 0.717) is 23.2 Å². The number of hydrogen-bond acceptors (Lipinski definition) is 3. The van der Waals surface area contributed by atoms with Crippen LogP contribution in [-0.4, -0.2) is 17.6 Å². The maximum absolute atomic E-state index is 11.0. The number of benzene rings is 1. The molecule has 1 rings (SSSR count). The lowest BCUT2D eigenvalue weighted by molar-refractivity contribution is 0.0999. The van der Waals surface area contributed by atoms with E-state index in [1.165, 1.54) is 18.2 Å². The van der Waals surface area contributed by atoms with Crippen molar-refractivity contribution in [3.05, 3.63) is 39.8 Å². The summed E-state index contributed by atoms with van der Waals surface area (Å²) in [6.45, 7) is -0.0972. The maximum Gasteiger partial charge on any atom is 0.248 e. The lowest BCUT2D eigenvalue weighted by atomic mass is 10.0. The predicted molar refractivity (Wildman–Crippen MR) is 54.6 cm³/mol. The summed E-state index contributed by atoms with van der Waals surface area (Å²) in [6.07, 6.45) is 0.299. The lowest BCUT2D eigenvalue weighted by Gasteiger charge is -2.05. The number of primary amides is 1. The van der Waals surface area contributed by atoms with Crippen LogP contribution in [0.3, 0.4) is 0 Å². The molecule has 0 fully saturated rings. The van der Waals surface area contributed by atoms with E-state index in [-0.39, 0.29) is 6.61 Å². The Hall–Kier alpha value is -2.04. The Morgan fingerprint density at radius 3 is 2.87 bits per heavy atom. The molecule has 1 aromatic carbocycles. The number of aliphatic hydroxyl groups excluding tert-OH is 1. The maximum atomic E-state index is 11.0. The molecule has 0 aliphatic rings. The largest absolute Gasteiger partial charge is 0.396 e. The van der Waals surface area contributed by atoms with Crippen molar-refractivity contribution >= 4 is 11.6 Å². The van der Waals surface area contributed by atoms with Crippen LogP contribution in [0.2, 0.25) is 0 Å². The van der Waals surface area contributed by atoms with E-state index in [4.69, 9.17) is 16.4 Å². The van der Waals surface area contributed by atoms with Gasteiger partial charge in [0, 0.05) is 22.8 Å². The first kappa shape index (κ1) is 11.0. The minimum atomic E-state index is -0.564. The average Bonchev–Trinajstić information content (AvgIpc) is 2.18. The van der Waals surface area contributed by atoms with Crippen molar-refractivity contribution in [2.75, 3.05) is 6.61 Å². The van der Waals surface area contributed by atoms with E-state index in [1.54, 1.807) is 0 Å². The number of amides is 1. The van der Waals surface area contributed by atoms with Gasteiger partial charge < -0.3 is 10.8 Å². The van der Waals surface area contributed by atoms with E-state index in [0.717, 1.165) is 0 Å². The highest BCUT2D eigenvalue weighted by Crippen LogP contribution is 2.18. The minimum Gasteiger partial charge on any atom is -0.396 e. The second-order valence-corrected chi connectivity index (χ2v) is 2.87. The van der Waals surface area contributed by atoms with Gasteiger partial charge in [0.1, 0.15) is 0 Å². The Balaban J connectivity index is 3.19. The Labute approximate surface area is 86.0 Å². The molecular formula is C9H10N4O2. The number of rotatable bonds is 4. The Bertz CT molecular complexity index is 424. The van der Waals surface area contributed by atoms with Gasteiger partial charge >= 0.3 is 0 Å². The number of nitrogens with zero attached hydrogens (tertiary/aromatic N) is 3. The molecule has 0 aliphatic carbocycles. The molecule has 1 aromatic rings. The topological polar surface area (TPSA) is 112 Å². The zero-order valence-electron chi connectivity index (χ0n) is 7.92. The van der Waals surface area contributed by atoms with Crippen molar-refractivity contribution in [3.8, 4) is 0 Å². The highest BCUT2D eigenvalue weighted by atomic mass is 16.3. The van der Waals surface area contributed by atoms with Crippen LogP contribution in [0, 0.1) is 0 Å². The first-order valence-corrected chi connectivity index (χ1v) is 4.27. The standard InChI is InChI=1S/C9H10N4O2/c10-9(15)8-2-1-7(12-13-11)5-6(8)3-4-14/h1-2,5,14H,3-4H2,(H2,10,15). The minimum absolute atomic E-state index is 0.0972. The summed E-state index contributed by atoms with van der Waals surface area (Å²) in [6, 6.07) is 4.52. The third-order valence-electron chi connectivity index (χ3n) is 1.90. The molecular weight excluding hydrogens is 196 g/mol. The van der Waals surface area contributed by atoms with Gasteiger partial charge in [0.15, 0.2) is 0 Å². The molecule has 6 heteroatoms. The van der Waals surface area contributed by atoms with E-state index < -0.39 is 5.91 Å². The van der Waals surface area contributed by atoms with Crippen LogP contribution >= 0.6 is 0 Å². The molecule has 0 aromatic heterocycles. The van der Waals surface area contributed by atoms with Gasteiger partial charge in [-0.2, -0.15) is 0 Å². The van der Waals surface area contributed by atoms with Gasteiger partial charge in [0.25, 0.3) is 0 Å². The molecule has 3 N–H and O–H groups in total. The van der Waals surface area contributed by atoms with Crippen LogP contribution in [0.5, 0.6) is 0 Å². The zero-order valence-corrected chi connectivity index (χ0v) is 7.92. The first-order chi connectivity index (χ1) is 7.19. The second-order valence-electron chi connectivity index (χ2n) is 2.87. The fourth-order valence-corrected chi connectivity index (χ4v) is 1.26. The fourth-order valence-electron chi connectivity index (χ4n) is 1.26. The third-order valence-corrected chi connectivity index (χ3v) is 1.90. The van der Waals surface area contributed by atoms with Crippen LogP contribution in [-0.2, 0) is 6.42 Å². The quantitative estimate of drug-likeness (QED) is 0.439. The van der Waals surface area contributed by atoms with Crippen LogP contribution in [0.4, 0.5) is 5.69 Å². The smallest absolute Gasteiger partial charge is 0.248 e. The van der Waals surface area contributed by atoms with Crippen molar-refractivity contribution < 1.29 is 9.90 Å². The van der Waals surface area contributed by atoms with Crippen molar-refractivity contribution in [1.29, 1.82) is 0 Å². The molecule has 0 heterocycles. The summed E-state index contributed by atoms with van der Waals surface area (Å²) in [5.41, 5.74) is 14.7. The number of carbonyl (C=O) groups excluding carboxylic acids is 1. The van der Waals surface area contributed by atoms with Gasteiger partial charge in [-0.25, -0.2) is 0 Å². The Kier molecular flexibility index (Phi) is 3.68. The van der Waals surface area contributed by atoms with Crippen molar-refractivity contribution in [1.82, 2.24) is 0 Å². The van der Waals surface area contributed by atoms with Crippen LogP contribution in [0.15, 0.2) is 23.3 Å². The number of nitrogens with two attached hydrogens (primary N) is 1. The number of hydrogen-bond donors (Lipinski definition) is 2. The summed E-state index contributed by atoms with van der Waals surface area (Å²) in [5.74, 6) is -0.564. The van der Waals surface area contributed by atoms with Gasteiger partial charge in [-0.15, -0.1) is 0 Å². The molecule has 0 bridgehead atoms. The van der Waals surface area contributed by atoms with Crippen molar-refractivity contribution in [2.45, 2.75) is 6.42 Å². The van der Waals surface area contributed by atoms with Gasteiger partial charge in [0.2, 0.25) is 5.91 Å². The molecule has 0 atom stereocenters. The molecule has 6 nitrogen and oxygen atoms in total. The Morgan fingerprint density at radius 2 is 2.33 bits per heavy atom. The molecule has 0 aliphatic heterocycles. The van der Waals surface area contributed by atoms with Crippen LogP contribution < -0.4 is 5.73 Å². The van der Waals surface area contributed by atoms with E-state index >= 15 is 0 Å². The van der Waals surface area contributed by atoms with Crippen LogP contribution in [0.1, 0.15) is 15.9 Å². The van der Waals surface area contributed by atoms with E-state index in [2.05, 4.69) is 10.0 Å². The fraction of sp³-hybridized carbons (Fsp3) is 0.222. The molecule has 0 spiro atoms. The summed E-state index contributed by atoms with van der Waals surface area (Å²) >= 11 is 0. The van der Waals surface area contributed by atoms with Gasteiger partial charge in [-0.05, 0) is 29.6 Å². The summed E-state index contributed by atoms with van der Waals surface area (Å²) in [5, 5.41) is 12.2. The predicted octanol–water partition coefficient (Wildman–Crippen LogP) is 1.26.